The zero-order chi connectivity index (χ0) is 13.7. The number of aromatic nitrogens is 1. The molecule has 19 heavy (non-hydrogen) atoms. The van der Waals surface area contributed by atoms with E-state index in [4.69, 9.17) is 0 Å². The average molecular weight is 256 g/mol. The predicted octanol–water partition coefficient (Wildman–Crippen LogP) is 3.80. The van der Waals surface area contributed by atoms with Gasteiger partial charge < -0.3 is 5.32 Å². The second kappa shape index (κ2) is 6.67. The molecule has 2 nitrogen and oxygen atoms in total. The Balaban J connectivity index is 2.04. The molecule has 2 heteroatoms. The predicted molar refractivity (Wildman–Crippen MR) is 82.4 cm³/mol. The van der Waals surface area contributed by atoms with Crippen LogP contribution >= 0.6 is 0 Å². The van der Waals surface area contributed by atoms with E-state index in [1.807, 2.05) is 12.3 Å². The van der Waals surface area contributed by atoms with Gasteiger partial charge in [-0.1, -0.05) is 39.0 Å². The molecule has 0 aliphatic rings. The van der Waals surface area contributed by atoms with Crippen molar-refractivity contribution in [3.05, 3.63) is 42.1 Å². The summed E-state index contributed by atoms with van der Waals surface area (Å²) in [6, 6.07) is 11.3. The van der Waals surface area contributed by atoms with Crippen LogP contribution in [-0.2, 0) is 6.42 Å². The van der Waals surface area contributed by atoms with Crippen LogP contribution in [0.4, 0.5) is 0 Å². The maximum Gasteiger partial charge on any atom is 0.0704 e. The Hall–Kier alpha value is -1.41. The highest BCUT2D eigenvalue weighted by molar-refractivity contribution is 5.78. The van der Waals surface area contributed by atoms with Gasteiger partial charge in [0.2, 0.25) is 0 Å². The molecule has 0 fully saturated rings. The van der Waals surface area contributed by atoms with E-state index in [9.17, 15) is 0 Å². The van der Waals surface area contributed by atoms with Crippen LogP contribution in [0.2, 0.25) is 0 Å². The van der Waals surface area contributed by atoms with E-state index in [1.54, 1.807) is 0 Å². The van der Waals surface area contributed by atoms with Crippen LogP contribution in [0.1, 0.15) is 32.8 Å². The fraction of sp³-hybridized carbons (Fsp3) is 0.471. The van der Waals surface area contributed by atoms with E-state index in [0.717, 1.165) is 18.5 Å². The zero-order valence-electron chi connectivity index (χ0n) is 12.2. The SMILES string of the molecule is CCNC(CCc1ccc2cccnc2c1)C(C)C. The van der Waals surface area contributed by atoms with Crippen LogP contribution in [0, 0.1) is 5.92 Å². The summed E-state index contributed by atoms with van der Waals surface area (Å²) in [4.78, 5) is 4.42. The Morgan fingerprint density at radius 3 is 2.79 bits per heavy atom. The molecule has 2 aromatic rings. The number of nitrogens with zero attached hydrogens (tertiary/aromatic N) is 1. The standard InChI is InChI=1S/C17H24N2/c1-4-18-16(13(2)3)10-8-14-7-9-15-6-5-11-19-17(15)12-14/h5-7,9,11-13,16,18H,4,8,10H2,1-3H3. The lowest BCUT2D eigenvalue weighted by atomic mass is 9.96. The molecule has 1 unspecified atom stereocenters. The van der Waals surface area contributed by atoms with Gasteiger partial charge in [0.05, 0.1) is 5.52 Å². The minimum Gasteiger partial charge on any atom is -0.314 e. The lowest BCUT2D eigenvalue weighted by molar-refractivity contribution is 0.385. The largest absolute Gasteiger partial charge is 0.314 e. The van der Waals surface area contributed by atoms with Gasteiger partial charge in [0.15, 0.2) is 0 Å². The Labute approximate surface area is 116 Å². The first kappa shape index (κ1) is 14.0. The van der Waals surface area contributed by atoms with Gasteiger partial charge in [0, 0.05) is 17.6 Å². The van der Waals surface area contributed by atoms with Gasteiger partial charge in [-0.2, -0.15) is 0 Å². The van der Waals surface area contributed by atoms with E-state index in [0.29, 0.717) is 12.0 Å². The Bertz CT molecular complexity index is 519. The topological polar surface area (TPSA) is 24.9 Å². The van der Waals surface area contributed by atoms with Crippen molar-refractivity contribution >= 4 is 10.9 Å². The molecule has 0 saturated heterocycles. The van der Waals surface area contributed by atoms with Crippen LogP contribution in [0.15, 0.2) is 36.5 Å². The van der Waals surface area contributed by atoms with Crippen molar-refractivity contribution < 1.29 is 0 Å². The first-order valence-electron chi connectivity index (χ1n) is 7.27. The molecule has 0 amide bonds. The molecule has 1 atom stereocenters. The number of aryl methyl sites for hydroxylation is 1. The van der Waals surface area contributed by atoms with Crippen LogP contribution in [0.5, 0.6) is 0 Å². The maximum absolute atomic E-state index is 4.42. The molecular formula is C17H24N2. The number of pyridine rings is 1. The van der Waals surface area contributed by atoms with Crippen molar-refractivity contribution in [1.82, 2.24) is 10.3 Å². The number of nitrogens with one attached hydrogen (secondary N) is 1. The van der Waals surface area contributed by atoms with Crippen molar-refractivity contribution in [2.24, 2.45) is 5.92 Å². The van der Waals surface area contributed by atoms with Crippen molar-refractivity contribution in [2.45, 2.75) is 39.7 Å². The molecule has 0 aliphatic heterocycles. The summed E-state index contributed by atoms with van der Waals surface area (Å²) < 4.78 is 0. The number of hydrogen-bond acceptors (Lipinski definition) is 2. The summed E-state index contributed by atoms with van der Waals surface area (Å²) in [6.07, 6.45) is 4.16. The summed E-state index contributed by atoms with van der Waals surface area (Å²) in [7, 11) is 0. The van der Waals surface area contributed by atoms with E-state index in [1.165, 1.54) is 17.4 Å². The van der Waals surface area contributed by atoms with Crippen LogP contribution in [0.25, 0.3) is 10.9 Å². The van der Waals surface area contributed by atoms with Gasteiger partial charge in [0.1, 0.15) is 0 Å². The first-order valence-corrected chi connectivity index (χ1v) is 7.27. The van der Waals surface area contributed by atoms with E-state index in [-0.39, 0.29) is 0 Å². The number of benzene rings is 1. The normalized spacial score (nSPS) is 13.1. The molecule has 0 bridgehead atoms. The van der Waals surface area contributed by atoms with Gasteiger partial charge >= 0.3 is 0 Å². The molecule has 0 spiro atoms. The minimum absolute atomic E-state index is 0.601. The third-order valence-corrected chi connectivity index (χ3v) is 3.69. The Kier molecular flexibility index (Phi) is 4.92. The Morgan fingerprint density at radius 2 is 2.05 bits per heavy atom. The molecule has 1 aromatic heterocycles. The highest BCUT2D eigenvalue weighted by Crippen LogP contribution is 2.16. The molecule has 0 saturated carbocycles. The molecule has 102 valence electrons. The molecule has 0 aliphatic carbocycles. The van der Waals surface area contributed by atoms with Gasteiger partial charge in [-0.3, -0.25) is 4.98 Å². The smallest absolute Gasteiger partial charge is 0.0704 e. The number of hydrogen-bond donors (Lipinski definition) is 1. The van der Waals surface area contributed by atoms with E-state index < -0.39 is 0 Å². The maximum atomic E-state index is 4.42. The van der Waals surface area contributed by atoms with Gasteiger partial charge in [-0.25, -0.2) is 0 Å². The third kappa shape index (κ3) is 3.77. The minimum atomic E-state index is 0.601. The van der Waals surface area contributed by atoms with Gasteiger partial charge in [-0.05, 0) is 43.0 Å². The molecule has 1 N–H and O–H groups in total. The molecular weight excluding hydrogens is 232 g/mol. The highest BCUT2D eigenvalue weighted by atomic mass is 14.9. The van der Waals surface area contributed by atoms with Gasteiger partial charge in [0.25, 0.3) is 0 Å². The number of fused-ring (bicyclic) bond motifs is 1. The second-order valence-electron chi connectivity index (χ2n) is 5.48. The highest BCUT2D eigenvalue weighted by Gasteiger charge is 2.11. The Morgan fingerprint density at radius 1 is 1.21 bits per heavy atom. The molecule has 0 radical (unpaired) electrons. The first-order chi connectivity index (χ1) is 9.20. The average Bonchev–Trinajstić information content (AvgIpc) is 2.43. The monoisotopic (exact) mass is 256 g/mol. The third-order valence-electron chi connectivity index (χ3n) is 3.69. The second-order valence-corrected chi connectivity index (χ2v) is 5.48. The van der Waals surface area contributed by atoms with Crippen molar-refractivity contribution in [3.63, 3.8) is 0 Å². The quantitative estimate of drug-likeness (QED) is 0.850. The van der Waals surface area contributed by atoms with Crippen molar-refractivity contribution in [1.29, 1.82) is 0 Å². The van der Waals surface area contributed by atoms with Crippen LogP contribution < -0.4 is 5.32 Å². The van der Waals surface area contributed by atoms with E-state index in [2.05, 4.69) is 55.3 Å². The molecule has 1 aromatic carbocycles. The summed E-state index contributed by atoms with van der Waals surface area (Å²) in [6.45, 7) is 7.79. The number of rotatable bonds is 6. The summed E-state index contributed by atoms with van der Waals surface area (Å²) in [5.41, 5.74) is 2.49. The summed E-state index contributed by atoms with van der Waals surface area (Å²) >= 11 is 0. The van der Waals surface area contributed by atoms with Crippen molar-refractivity contribution in [3.8, 4) is 0 Å². The van der Waals surface area contributed by atoms with Gasteiger partial charge in [-0.15, -0.1) is 0 Å². The van der Waals surface area contributed by atoms with E-state index >= 15 is 0 Å². The van der Waals surface area contributed by atoms with Crippen molar-refractivity contribution in [2.75, 3.05) is 6.54 Å². The summed E-state index contributed by atoms with van der Waals surface area (Å²) in [5.74, 6) is 0.679. The van der Waals surface area contributed by atoms with Crippen LogP contribution in [-0.4, -0.2) is 17.6 Å². The lowest BCUT2D eigenvalue weighted by Gasteiger charge is -2.21. The lowest BCUT2D eigenvalue weighted by Crippen LogP contribution is -2.34. The fourth-order valence-corrected chi connectivity index (χ4v) is 2.52. The molecule has 2 rings (SSSR count). The fourth-order valence-electron chi connectivity index (χ4n) is 2.52. The zero-order valence-corrected chi connectivity index (χ0v) is 12.2. The molecule has 1 heterocycles. The summed E-state index contributed by atoms with van der Waals surface area (Å²) in [5, 5.41) is 4.79. The van der Waals surface area contributed by atoms with Crippen LogP contribution in [0.3, 0.4) is 0 Å².